The maximum atomic E-state index is 11.5. The van der Waals surface area contributed by atoms with Crippen LogP contribution in [0, 0.1) is 10.1 Å². The first kappa shape index (κ1) is 11.9. The molecule has 0 fully saturated rings. The molecule has 1 heterocycles. The van der Waals surface area contributed by atoms with Crippen molar-refractivity contribution < 1.29 is 4.92 Å². The third-order valence-electron chi connectivity index (χ3n) is 1.58. The first-order chi connectivity index (χ1) is 6.91. The SMILES string of the molecule is C=C(Cl)Cn1cc([N+](=O)[O-])cc(Br)c1=O. The van der Waals surface area contributed by atoms with Crippen LogP contribution < -0.4 is 5.56 Å². The quantitative estimate of drug-likeness (QED) is 0.634. The summed E-state index contributed by atoms with van der Waals surface area (Å²) in [6.45, 7) is 3.46. The first-order valence-corrected chi connectivity index (χ1v) is 4.96. The van der Waals surface area contributed by atoms with E-state index in [0.717, 1.165) is 16.8 Å². The molecule has 0 atom stereocenters. The van der Waals surface area contributed by atoms with Crippen molar-refractivity contribution in [2.45, 2.75) is 6.54 Å². The molecule has 0 aromatic carbocycles. The molecule has 15 heavy (non-hydrogen) atoms. The van der Waals surface area contributed by atoms with E-state index >= 15 is 0 Å². The van der Waals surface area contributed by atoms with Crippen LogP contribution in [0.5, 0.6) is 0 Å². The molecule has 0 bridgehead atoms. The first-order valence-electron chi connectivity index (χ1n) is 3.79. The van der Waals surface area contributed by atoms with Crippen molar-refractivity contribution in [2.24, 2.45) is 0 Å². The molecular formula is C8H6BrClN2O3. The summed E-state index contributed by atoms with van der Waals surface area (Å²) in [5.41, 5.74) is -0.568. The molecule has 0 aliphatic carbocycles. The van der Waals surface area contributed by atoms with Crippen LogP contribution in [0.1, 0.15) is 0 Å². The van der Waals surface area contributed by atoms with Gasteiger partial charge >= 0.3 is 0 Å². The Morgan fingerprint density at radius 3 is 2.80 bits per heavy atom. The molecule has 0 N–H and O–H groups in total. The molecule has 80 valence electrons. The Labute approximate surface area is 98.3 Å². The van der Waals surface area contributed by atoms with Gasteiger partial charge in [-0.2, -0.15) is 0 Å². The highest BCUT2D eigenvalue weighted by atomic mass is 79.9. The third-order valence-corrected chi connectivity index (χ3v) is 2.27. The normalized spacial score (nSPS) is 10.0. The zero-order chi connectivity index (χ0) is 11.6. The predicted molar refractivity (Wildman–Crippen MR) is 60.0 cm³/mol. The summed E-state index contributed by atoms with van der Waals surface area (Å²) < 4.78 is 1.24. The molecule has 0 aliphatic heterocycles. The van der Waals surface area contributed by atoms with Gasteiger partial charge in [0.25, 0.3) is 11.2 Å². The number of rotatable bonds is 3. The number of aromatic nitrogens is 1. The summed E-state index contributed by atoms with van der Waals surface area (Å²) in [6, 6.07) is 1.15. The maximum absolute atomic E-state index is 11.5. The topological polar surface area (TPSA) is 65.1 Å². The van der Waals surface area contributed by atoms with Gasteiger partial charge in [0.05, 0.1) is 22.1 Å². The van der Waals surface area contributed by atoms with Crippen LogP contribution in [0.4, 0.5) is 5.69 Å². The third kappa shape index (κ3) is 2.90. The highest BCUT2D eigenvalue weighted by molar-refractivity contribution is 9.10. The molecule has 5 nitrogen and oxygen atoms in total. The van der Waals surface area contributed by atoms with Crippen LogP contribution in [0.25, 0.3) is 0 Å². The van der Waals surface area contributed by atoms with Gasteiger partial charge in [0.1, 0.15) is 0 Å². The Bertz CT molecular complexity index is 483. The summed E-state index contributed by atoms with van der Waals surface area (Å²) in [5, 5.41) is 10.7. The van der Waals surface area contributed by atoms with Gasteiger partial charge in [-0.3, -0.25) is 14.9 Å². The van der Waals surface area contributed by atoms with Gasteiger partial charge in [-0.05, 0) is 15.9 Å². The predicted octanol–water partition coefficient (Wildman–Crippen LogP) is 2.27. The molecule has 0 spiro atoms. The Morgan fingerprint density at radius 1 is 1.73 bits per heavy atom. The average Bonchev–Trinajstić information content (AvgIpc) is 2.11. The molecule has 0 saturated heterocycles. The molecule has 1 aromatic rings. The van der Waals surface area contributed by atoms with Crippen molar-refractivity contribution in [3.8, 4) is 0 Å². The summed E-state index contributed by atoms with van der Waals surface area (Å²) in [7, 11) is 0. The van der Waals surface area contributed by atoms with Gasteiger partial charge in [0, 0.05) is 11.1 Å². The molecule has 0 radical (unpaired) electrons. The van der Waals surface area contributed by atoms with E-state index in [2.05, 4.69) is 22.5 Å². The molecule has 7 heteroatoms. The Morgan fingerprint density at radius 2 is 2.33 bits per heavy atom. The number of halogens is 2. The Balaban J connectivity index is 3.31. The Hall–Kier alpha value is -1.14. The van der Waals surface area contributed by atoms with Gasteiger partial charge in [0.15, 0.2) is 0 Å². The molecular weight excluding hydrogens is 287 g/mol. The van der Waals surface area contributed by atoms with E-state index in [1.807, 2.05) is 0 Å². The smallest absolute Gasteiger partial charge is 0.286 e. The van der Waals surface area contributed by atoms with Crippen LogP contribution >= 0.6 is 27.5 Å². The number of hydrogen-bond acceptors (Lipinski definition) is 3. The molecule has 0 saturated carbocycles. The van der Waals surface area contributed by atoms with E-state index in [4.69, 9.17) is 11.6 Å². The Kier molecular flexibility index (Phi) is 3.65. The number of hydrogen-bond donors (Lipinski definition) is 0. The largest absolute Gasteiger partial charge is 0.302 e. The van der Waals surface area contributed by atoms with Gasteiger partial charge in [-0.15, -0.1) is 0 Å². The van der Waals surface area contributed by atoms with Gasteiger partial charge < -0.3 is 4.57 Å². The summed E-state index contributed by atoms with van der Waals surface area (Å²) in [5.74, 6) is 0. The minimum absolute atomic E-state index is 0.0423. The summed E-state index contributed by atoms with van der Waals surface area (Å²) in [4.78, 5) is 21.4. The van der Waals surface area contributed by atoms with Crippen molar-refractivity contribution in [3.63, 3.8) is 0 Å². The van der Waals surface area contributed by atoms with Crippen molar-refractivity contribution in [2.75, 3.05) is 0 Å². The summed E-state index contributed by atoms with van der Waals surface area (Å²) >= 11 is 8.47. The lowest BCUT2D eigenvalue weighted by atomic mass is 10.4. The van der Waals surface area contributed by atoms with E-state index < -0.39 is 4.92 Å². The van der Waals surface area contributed by atoms with Crippen molar-refractivity contribution in [1.82, 2.24) is 4.57 Å². The lowest BCUT2D eigenvalue weighted by Crippen LogP contribution is -2.20. The van der Waals surface area contributed by atoms with Crippen molar-refractivity contribution in [3.05, 3.63) is 48.8 Å². The lowest BCUT2D eigenvalue weighted by molar-refractivity contribution is -0.385. The van der Waals surface area contributed by atoms with E-state index in [1.54, 1.807) is 0 Å². The lowest BCUT2D eigenvalue weighted by Gasteiger charge is -2.04. The fraction of sp³-hybridized carbons (Fsp3) is 0.125. The number of nitrogens with zero attached hydrogens (tertiary/aromatic N) is 2. The molecule has 1 aromatic heterocycles. The minimum atomic E-state index is -0.586. The highest BCUT2D eigenvalue weighted by Crippen LogP contribution is 2.15. The number of nitro groups is 1. The van der Waals surface area contributed by atoms with Gasteiger partial charge in [0.2, 0.25) is 0 Å². The van der Waals surface area contributed by atoms with Gasteiger partial charge in [-0.25, -0.2) is 0 Å². The summed E-state index contributed by atoms with van der Waals surface area (Å²) in [6.07, 6.45) is 1.13. The fourth-order valence-corrected chi connectivity index (χ4v) is 1.58. The zero-order valence-corrected chi connectivity index (χ0v) is 9.79. The maximum Gasteiger partial charge on any atom is 0.286 e. The number of allylic oxidation sites excluding steroid dienone is 1. The van der Waals surface area contributed by atoms with Crippen molar-refractivity contribution in [1.29, 1.82) is 0 Å². The van der Waals surface area contributed by atoms with E-state index in [0.29, 0.717) is 0 Å². The fourth-order valence-electron chi connectivity index (χ4n) is 0.986. The molecule has 1 rings (SSSR count). The molecule has 0 amide bonds. The zero-order valence-electron chi connectivity index (χ0n) is 7.44. The van der Waals surface area contributed by atoms with E-state index in [9.17, 15) is 14.9 Å². The average molecular weight is 294 g/mol. The monoisotopic (exact) mass is 292 g/mol. The van der Waals surface area contributed by atoms with E-state index in [1.165, 1.54) is 0 Å². The van der Waals surface area contributed by atoms with Crippen LogP contribution in [0.15, 0.2) is 33.1 Å². The minimum Gasteiger partial charge on any atom is -0.302 e. The second kappa shape index (κ2) is 4.59. The molecule has 0 unspecified atom stereocenters. The standard InChI is InChI=1S/C8H6BrClN2O3/c1-5(10)3-11-4-6(12(14)15)2-7(9)8(11)13/h2,4H,1,3H2. The second-order valence-electron chi connectivity index (χ2n) is 2.75. The van der Waals surface area contributed by atoms with Crippen LogP contribution in [0.2, 0.25) is 0 Å². The number of pyridine rings is 1. The van der Waals surface area contributed by atoms with Crippen LogP contribution in [-0.2, 0) is 6.54 Å². The molecule has 0 aliphatic rings. The van der Waals surface area contributed by atoms with E-state index in [-0.39, 0.29) is 27.3 Å². The highest BCUT2D eigenvalue weighted by Gasteiger charge is 2.12. The van der Waals surface area contributed by atoms with Gasteiger partial charge in [-0.1, -0.05) is 18.2 Å². The second-order valence-corrected chi connectivity index (χ2v) is 4.14. The van der Waals surface area contributed by atoms with Crippen molar-refractivity contribution >= 4 is 33.2 Å². The van der Waals surface area contributed by atoms with Crippen LogP contribution in [-0.4, -0.2) is 9.49 Å². The van der Waals surface area contributed by atoms with Crippen LogP contribution in [0.3, 0.4) is 0 Å².